The number of para-hydroxylation sites is 1. The van der Waals surface area contributed by atoms with E-state index in [2.05, 4.69) is 10.4 Å². The summed E-state index contributed by atoms with van der Waals surface area (Å²) in [5.74, 6) is -0.923. The molecule has 24 heavy (non-hydrogen) atoms. The van der Waals surface area contributed by atoms with Crippen LogP contribution in [0.2, 0.25) is 0 Å². The van der Waals surface area contributed by atoms with E-state index in [1.54, 1.807) is 18.2 Å². The lowest BCUT2D eigenvalue weighted by atomic mass is 10.0. The zero-order valence-corrected chi connectivity index (χ0v) is 12.7. The van der Waals surface area contributed by atoms with Gasteiger partial charge in [-0.05, 0) is 25.0 Å². The summed E-state index contributed by atoms with van der Waals surface area (Å²) >= 11 is 0. The minimum Gasteiger partial charge on any atom is -0.381 e. The van der Waals surface area contributed by atoms with Crippen molar-refractivity contribution in [2.75, 3.05) is 18.5 Å². The first kappa shape index (κ1) is 16.5. The number of carbonyl (C=O) groups is 1. The lowest BCUT2D eigenvalue weighted by Gasteiger charge is -2.21. The highest BCUT2D eigenvalue weighted by atomic mass is 19.4. The molecule has 5 nitrogen and oxygen atoms in total. The number of nitrogens with one attached hydrogen (secondary N) is 1. The van der Waals surface area contributed by atoms with E-state index in [4.69, 9.17) is 4.74 Å². The highest BCUT2D eigenvalue weighted by Crippen LogP contribution is 2.36. The second-order valence-corrected chi connectivity index (χ2v) is 5.56. The number of halogens is 3. The van der Waals surface area contributed by atoms with E-state index in [1.165, 1.54) is 12.1 Å². The Hall–Kier alpha value is -2.35. The first-order valence-electron chi connectivity index (χ1n) is 7.56. The molecule has 1 unspecified atom stereocenters. The van der Waals surface area contributed by atoms with E-state index < -0.39 is 23.7 Å². The van der Waals surface area contributed by atoms with E-state index in [0.717, 1.165) is 10.9 Å². The van der Waals surface area contributed by atoms with Crippen molar-refractivity contribution in [3.8, 4) is 5.69 Å². The van der Waals surface area contributed by atoms with Crippen LogP contribution in [0.1, 0.15) is 18.5 Å². The fourth-order valence-electron chi connectivity index (χ4n) is 2.66. The van der Waals surface area contributed by atoms with Crippen molar-refractivity contribution in [1.29, 1.82) is 0 Å². The average molecular weight is 339 g/mol. The van der Waals surface area contributed by atoms with Crippen molar-refractivity contribution >= 4 is 11.6 Å². The van der Waals surface area contributed by atoms with Gasteiger partial charge in [0.2, 0.25) is 5.91 Å². The molecule has 1 amide bonds. The molecule has 1 aromatic heterocycles. The normalized spacial score (nSPS) is 18.4. The third kappa shape index (κ3) is 3.43. The fourth-order valence-corrected chi connectivity index (χ4v) is 2.66. The van der Waals surface area contributed by atoms with Gasteiger partial charge in [-0.2, -0.15) is 18.3 Å². The molecule has 0 bridgehead atoms. The minimum atomic E-state index is -4.65. The molecule has 2 heterocycles. The molecule has 128 valence electrons. The number of carbonyl (C=O) groups excluding carboxylic acids is 1. The second-order valence-electron chi connectivity index (χ2n) is 5.56. The fraction of sp³-hybridized carbons (Fsp3) is 0.375. The van der Waals surface area contributed by atoms with Crippen LogP contribution in [0.4, 0.5) is 18.9 Å². The van der Waals surface area contributed by atoms with E-state index in [1.807, 2.05) is 0 Å². The molecule has 0 spiro atoms. The summed E-state index contributed by atoms with van der Waals surface area (Å²) in [5, 5.41) is 6.16. The Kier molecular flexibility index (Phi) is 4.57. The molecule has 0 aliphatic carbocycles. The van der Waals surface area contributed by atoms with Crippen LogP contribution in [-0.2, 0) is 15.7 Å². The molecule has 1 aliphatic heterocycles. The zero-order chi connectivity index (χ0) is 17.2. The van der Waals surface area contributed by atoms with Gasteiger partial charge in [-0.1, -0.05) is 18.2 Å². The Labute approximate surface area is 136 Å². The predicted octanol–water partition coefficient (Wildman–Crippen LogP) is 3.26. The topological polar surface area (TPSA) is 56.2 Å². The van der Waals surface area contributed by atoms with E-state index in [0.29, 0.717) is 19.4 Å². The molecule has 0 saturated carbocycles. The second kappa shape index (κ2) is 6.64. The Morgan fingerprint density at radius 1 is 1.29 bits per heavy atom. The van der Waals surface area contributed by atoms with Crippen LogP contribution >= 0.6 is 0 Å². The number of anilines is 1. The Morgan fingerprint density at radius 2 is 2.04 bits per heavy atom. The standard InChI is InChI=1S/C16H16F3N3O2/c17-16(18,19)14-13(21-15(23)11-5-4-8-24-10-11)9-20-22(14)12-6-2-1-3-7-12/h1-3,6-7,9,11H,4-5,8,10H2,(H,21,23). The van der Waals surface area contributed by atoms with Gasteiger partial charge in [0.05, 0.1) is 30.1 Å². The lowest BCUT2D eigenvalue weighted by Crippen LogP contribution is -2.30. The number of ether oxygens (including phenoxy) is 1. The number of hydrogen-bond acceptors (Lipinski definition) is 3. The average Bonchev–Trinajstić information content (AvgIpc) is 3.00. The maximum absolute atomic E-state index is 13.5. The summed E-state index contributed by atoms with van der Waals surface area (Å²) in [7, 11) is 0. The van der Waals surface area contributed by atoms with Gasteiger partial charge in [-0.25, -0.2) is 4.68 Å². The van der Waals surface area contributed by atoms with Crippen molar-refractivity contribution < 1.29 is 22.7 Å². The molecule has 2 aromatic rings. The highest BCUT2D eigenvalue weighted by Gasteiger charge is 2.39. The molecule has 1 aromatic carbocycles. The summed E-state index contributed by atoms with van der Waals surface area (Å²) in [4.78, 5) is 12.2. The molecular formula is C16H16F3N3O2. The lowest BCUT2D eigenvalue weighted by molar-refractivity contribution is -0.142. The molecule has 1 N–H and O–H groups in total. The van der Waals surface area contributed by atoms with Crippen LogP contribution in [0.25, 0.3) is 5.69 Å². The van der Waals surface area contributed by atoms with Gasteiger partial charge >= 0.3 is 6.18 Å². The van der Waals surface area contributed by atoms with Gasteiger partial charge in [-0.15, -0.1) is 0 Å². The smallest absolute Gasteiger partial charge is 0.381 e. The van der Waals surface area contributed by atoms with E-state index in [9.17, 15) is 18.0 Å². The summed E-state index contributed by atoms with van der Waals surface area (Å²) in [6.45, 7) is 0.795. The van der Waals surface area contributed by atoms with Gasteiger partial charge in [0.1, 0.15) is 0 Å². The van der Waals surface area contributed by atoms with Crippen molar-refractivity contribution in [2.24, 2.45) is 5.92 Å². The third-order valence-electron chi connectivity index (χ3n) is 3.83. The van der Waals surface area contributed by atoms with Crippen molar-refractivity contribution in [2.45, 2.75) is 19.0 Å². The number of hydrogen-bond donors (Lipinski definition) is 1. The van der Waals surface area contributed by atoms with Gasteiger partial charge in [-0.3, -0.25) is 4.79 Å². The molecule has 1 atom stereocenters. The monoisotopic (exact) mass is 339 g/mol. The summed E-state index contributed by atoms with van der Waals surface area (Å²) < 4.78 is 46.4. The largest absolute Gasteiger partial charge is 0.435 e. The molecule has 1 fully saturated rings. The molecule has 1 saturated heterocycles. The number of aromatic nitrogens is 2. The zero-order valence-electron chi connectivity index (χ0n) is 12.7. The number of rotatable bonds is 3. The summed E-state index contributed by atoms with van der Waals surface area (Å²) in [6.07, 6.45) is -2.32. The van der Waals surface area contributed by atoms with Gasteiger partial charge in [0.15, 0.2) is 5.69 Å². The van der Waals surface area contributed by atoms with Gasteiger partial charge in [0.25, 0.3) is 0 Å². The number of nitrogens with zero attached hydrogens (tertiary/aromatic N) is 2. The Bertz CT molecular complexity index is 707. The Balaban J connectivity index is 1.91. The number of alkyl halides is 3. The van der Waals surface area contributed by atoms with Crippen molar-refractivity contribution in [1.82, 2.24) is 9.78 Å². The number of amides is 1. The molecule has 1 aliphatic rings. The van der Waals surface area contributed by atoms with Crippen LogP contribution in [0, 0.1) is 5.92 Å². The molecule has 8 heteroatoms. The first-order chi connectivity index (χ1) is 11.5. The van der Waals surface area contributed by atoms with Crippen LogP contribution in [-0.4, -0.2) is 28.9 Å². The van der Waals surface area contributed by atoms with Crippen LogP contribution in [0.5, 0.6) is 0 Å². The van der Waals surface area contributed by atoms with E-state index >= 15 is 0 Å². The van der Waals surface area contributed by atoms with Crippen LogP contribution in [0.15, 0.2) is 36.5 Å². The SMILES string of the molecule is O=C(Nc1cnn(-c2ccccc2)c1C(F)(F)F)C1CCCOC1. The molecule has 3 rings (SSSR count). The van der Waals surface area contributed by atoms with Crippen LogP contribution < -0.4 is 5.32 Å². The quantitative estimate of drug-likeness (QED) is 0.934. The van der Waals surface area contributed by atoms with Gasteiger partial charge in [0, 0.05) is 6.61 Å². The summed E-state index contributed by atoms with van der Waals surface area (Å²) in [6, 6.07) is 7.97. The van der Waals surface area contributed by atoms with Crippen molar-refractivity contribution in [3.63, 3.8) is 0 Å². The predicted molar refractivity (Wildman–Crippen MR) is 80.7 cm³/mol. The van der Waals surface area contributed by atoms with Crippen molar-refractivity contribution in [3.05, 3.63) is 42.2 Å². The summed E-state index contributed by atoms with van der Waals surface area (Å²) in [5.41, 5.74) is -1.08. The minimum absolute atomic E-state index is 0.222. The first-order valence-corrected chi connectivity index (χ1v) is 7.56. The maximum Gasteiger partial charge on any atom is 0.435 e. The molecular weight excluding hydrogens is 323 g/mol. The maximum atomic E-state index is 13.5. The van der Waals surface area contributed by atoms with Gasteiger partial charge < -0.3 is 10.1 Å². The third-order valence-corrected chi connectivity index (χ3v) is 3.83. The Morgan fingerprint density at radius 3 is 2.67 bits per heavy atom. The van der Waals surface area contributed by atoms with Crippen LogP contribution in [0.3, 0.4) is 0 Å². The molecule has 0 radical (unpaired) electrons. The van der Waals surface area contributed by atoms with E-state index in [-0.39, 0.29) is 18.0 Å². The number of benzene rings is 1. The highest BCUT2D eigenvalue weighted by molar-refractivity contribution is 5.93.